The number of carbonyl (C=O) groups is 1. The summed E-state index contributed by atoms with van der Waals surface area (Å²) in [6.45, 7) is 0.908. The normalized spacial score (nSPS) is 28.3. The molecular formula is C18H21ClO4. The van der Waals surface area contributed by atoms with Crippen LogP contribution in [-0.4, -0.2) is 12.8 Å². The average Bonchev–Trinajstić information content (AvgIpc) is 3.15. The third kappa shape index (κ3) is 3.20. The number of benzene rings is 1. The predicted molar refractivity (Wildman–Crippen MR) is 85.1 cm³/mol. The van der Waals surface area contributed by atoms with Gasteiger partial charge in [0.1, 0.15) is 12.4 Å². The van der Waals surface area contributed by atoms with Gasteiger partial charge in [-0.3, -0.25) is 4.79 Å². The van der Waals surface area contributed by atoms with Crippen molar-refractivity contribution in [3.8, 4) is 5.75 Å². The lowest BCUT2D eigenvalue weighted by atomic mass is 9.86. The second-order valence-electron chi connectivity index (χ2n) is 6.96. The Morgan fingerprint density at radius 3 is 3.00 bits per heavy atom. The van der Waals surface area contributed by atoms with Crippen molar-refractivity contribution < 1.29 is 19.0 Å². The molecule has 0 amide bonds. The molecule has 3 atom stereocenters. The van der Waals surface area contributed by atoms with Gasteiger partial charge in [-0.25, -0.2) is 0 Å². The molecule has 5 heteroatoms. The number of rotatable bonds is 4. The van der Waals surface area contributed by atoms with Crippen molar-refractivity contribution in [1.29, 1.82) is 0 Å². The van der Waals surface area contributed by atoms with E-state index < -0.39 is 0 Å². The van der Waals surface area contributed by atoms with Crippen molar-refractivity contribution in [3.05, 3.63) is 28.3 Å². The van der Waals surface area contributed by atoms with Gasteiger partial charge >= 0.3 is 5.97 Å². The molecule has 0 saturated heterocycles. The topological polar surface area (TPSA) is 44.8 Å². The lowest BCUT2D eigenvalue weighted by Crippen LogP contribution is -2.18. The van der Waals surface area contributed by atoms with Crippen LogP contribution in [0.4, 0.5) is 0 Å². The Labute approximate surface area is 141 Å². The predicted octanol–water partition coefficient (Wildman–Crippen LogP) is 4.08. The Morgan fingerprint density at radius 2 is 2.22 bits per heavy atom. The molecule has 3 aliphatic rings. The number of halogens is 1. The van der Waals surface area contributed by atoms with Crippen LogP contribution >= 0.6 is 11.6 Å². The van der Waals surface area contributed by atoms with E-state index >= 15 is 0 Å². The molecule has 2 fully saturated rings. The van der Waals surface area contributed by atoms with Gasteiger partial charge in [-0.2, -0.15) is 0 Å². The maximum atomic E-state index is 12.2. The molecule has 1 aliphatic heterocycles. The summed E-state index contributed by atoms with van der Waals surface area (Å²) in [7, 11) is 0. The number of hydrogen-bond donors (Lipinski definition) is 0. The van der Waals surface area contributed by atoms with Crippen LogP contribution in [0.25, 0.3) is 0 Å². The quantitative estimate of drug-likeness (QED) is 0.777. The summed E-state index contributed by atoms with van der Waals surface area (Å²) in [5.41, 5.74) is 1.72. The first-order chi connectivity index (χ1) is 11.2. The fourth-order valence-electron chi connectivity index (χ4n) is 4.42. The standard InChI is InChI=1S/C18H21ClO4/c19-16-5-14-8-21-10-23-18(14)15(6-16)9-22-17(20)7-13-4-11-1-2-12(13)3-11/h5-6,11-13H,1-4,7-10H2/t11-,12+,13-/m0/s1. The molecule has 1 aromatic carbocycles. The highest BCUT2D eigenvalue weighted by molar-refractivity contribution is 6.30. The monoisotopic (exact) mass is 336 g/mol. The first kappa shape index (κ1) is 15.3. The van der Waals surface area contributed by atoms with E-state index in [0.717, 1.165) is 28.7 Å². The Hall–Kier alpha value is -1.26. The summed E-state index contributed by atoms with van der Waals surface area (Å²) < 4.78 is 16.3. The van der Waals surface area contributed by atoms with Crippen molar-refractivity contribution in [3.63, 3.8) is 0 Å². The maximum Gasteiger partial charge on any atom is 0.306 e. The highest BCUT2D eigenvalue weighted by Crippen LogP contribution is 2.49. The van der Waals surface area contributed by atoms with Crippen molar-refractivity contribution in [1.82, 2.24) is 0 Å². The van der Waals surface area contributed by atoms with Crippen molar-refractivity contribution in [2.45, 2.75) is 45.3 Å². The van der Waals surface area contributed by atoms with Crippen LogP contribution in [0.5, 0.6) is 5.75 Å². The minimum Gasteiger partial charge on any atom is -0.467 e. The van der Waals surface area contributed by atoms with Crippen LogP contribution in [0.1, 0.15) is 43.2 Å². The smallest absolute Gasteiger partial charge is 0.306 e. The van der Waals surface area contributed by atoms with E-state index in [1.165, 1.54) is 25.7 Å². The Kier molecular flexibility index (Phi) is 4.20. The number of hydrogen-bond acceptors (Lipinski definition) is 4. The van der Waals surface area contributed by atoms with E-state index in [4.69, 9.17) is 25.8 Å². The number of fused-ring (bicyclic) bond motifs is 3. The Morgan fingerprint density at radius 1 is 1.30 bits per heavy atom. The van der Waals surface area contributed by atoms with E-state index in [2.05, 4.69) is 0 Å². The number of carbonyl (C=O) groups excluding carboxylic acids is 1. The summed E-state index contributed by atoms with van der Waals surface area (Å²) in [6.07, 6.45) is 5.71. The van der Waals surface area contributed by atoms with Gasteiger partial charge in [-0.15, -0.1) is 0 Å². The molecule has 0 N–H and O–H groups in total. The van der Waals surface area contributed by atoms with Crippen molar-refractivity contribution in [2.24, 2.45) is 17.8 Å². The van der Waals surface area contributed by atoms with Crippen LogP contribution in [0.3, 0.4) is 0 Å². The third-order valence-corrected chi connectivity index (χ3v) is 5.67. The molecule has 124 valence electrons. The maximum absolute atomic E-state index is 12.2. The SMILES string of the molecule is O=C(C[C@@H]1C[C@H]2CC[C@@H]1C2)OCc1cc(Cl)cc2c1OCOC2. The fourth-order valence-corrected chi connectivity index (χ4v) is 4.69. The zero-order valence-electron chi connectivity index (χ0n) is 13.1. The van der Waals surface area contributed by atoms with E-state index in [9.17, 15) is 4.79 Å². The Bertz CT molecular complexity index is 615. The summed E-state index contributed by atoms with van der Waals surface area (Å²) in [4.78, 5) is 12.2. The first-order valence-electron chi connectivity index (χ1n) is 8.36. The van der Waals surface area contributed by atoms with Crippen LogP contribution in [0.2, 0.25) is 5.02 Å². The molecule has 2 aliphatic carbocycles. The second kappa shape index (κ2) is 6.33. The molecule has 23 heavy (non-hydrogen) atoms. The first-order valence-corrected chi connectivity index (χ1v) is 8.74. The lowest BCUT2D eigenvalue weighted by Gasteiger charge is -2.22. The molecule has 0 spiro atoms. The van der Waals surface area contributed by atoms with Crippen molar-refractivity contribution in [2.75, 3.05) is 6.79 Å². The van der Waals surface area contributed by atoms with Crippen LogP contribution in [0.15, 0.2) is 12.1 Å². The molecule has 0 unspecified atom stereocenters. The summed E-state index contributed by atoms with van der Waals surface area (Å²) in [5, 5.41) is 0.608. The zero-order valence-corrected chi connectivity index (χ0v) is 13.8. The minimum atomic E-state index is -0.108. The molecule has 0 aromatic heterocycles. The highest BCUT2D eigenvalue weighted by Gasteiger charge is 2.40. The molecule has 2 saturated carbocycles. The molecule has 1 aromatic rings. The zero-order chi connectivity index (χ0) is 15.8. The van der Waals surface area contributed by atoms with Gasteiger partial charge in [0.15, 0.2) is 6.79 Å². The molecule has 4 nitrogen and oxygen atoms in total. The largest absolute Gasteiger partial charge is 0.467 e. The van der Waals surface area contributed by atoms with E-state index in [1.54, 1.807) is 6.07 Å². The number of esters is 1. The van der Waals surface area contributed by atoms with E-state index in [1.807, 2.05) is 6.07 Å². The summed E-state index contributed by atoms with van der Waals surface area (Å²) in [6, 6.07) is 3.63. The molecule has 1 heterocycles. The van der Waals surface area contributed by atoms with Gasteiger partial charge in [0.25, 0.3) is 0 Å². The van der Waals surface area contributed by atoms with Gasteiger partial charge in [0.05, 0.1) is 6.61 Å². The van der Waals surface area contributed by atoms with E-state index in [0.29, 0.717) is 24.0 Å². The van der Waals surface area contributed by atoms with Gasteiger partial charge in [0, 0.05) is 22.6 Å². The molecule has 0 radical (unpaired) electrons. The van der Waals surface area contributed by atoms with Crippen LogP contribution < -0.4 is 4.74 Å². The summed E-state index contributed by atoms with van der Waals surface area (Å²) >= 11 is 6.13. The highest BCUT2D eigenvalue weighted by atomic mass is 35.5. The minimum absolute atomic E-state index is 0.108. The lowest BCUT2D eigenvalue weighted by molar-refractivity contribution is -0.146. The van der Waals surface area contributed by atoms with Gasteiger partial charge < -0.3 is 14.2 Å². The summed E-state index contributed by atoms with van der Waals surface area (Å²) in [5.74, 6) is 2.76. The van der Waals surface area contributed by atoms with E-state index in [-0.39, 0.29) is 19.4 Å². The molecule has 2 bridgehead atoms. The number of ether oxygens (including phenoxy) is 3. The van der Waals surface area contributed by atoms with Crippen LogP contribution in [-0.2, 0) is 27.5 Å². The Balaban J connectivity index is 1.37. The van der Waals surface area contributed by atoms with Gasteiger partial charge in [-0.05, 0) is 49.1 Å². The second-order valence-corrected chi connectivity index (χ2v) is 7.40. The average molecular weight is 337 g/mol. The fraction of sp³-hybridized carbons (Fsp3) is 0.611. The third-order valence-electron chi connectivity index (χ3n) is 5.45. The van der Waals surface area contributed by atoms with Gasteiger partial charge in [-0.1, -0.05) is 18.0 Å². The van der Waals surface area contributed by atoms with Gasteiger partial charge in [0.2, 0.25) is 0 Å². The molecule has 4 rings (SSSR count). The van der Waals surface area contributed by atoms with Crippen molar-refractivity contribution >= 4 is 17.6 Å². The molecular weight excluding hydrogens is 316 g/mol. The van der Waals surface area contributed by atoms with Crippen LogP contribution in [0, 0.1) is 17.8 Å².